The average molecular weight is 195 g/mol. The average Bonchev–Trinajstić information content (AvgIpc) is 2.50. The van der Waals surface area contributed by atoms with E-state index in [-0.39, 0.29) is 18.5 Å². The SMILES string of the molecule is Cc1cc(F)cc(C2COC(=O)N2)c1. The standard InChI is InChI=1S/C10H10FNO2/c1-6-2-7(4-8(11)3-6)9-5-14-10(13)12-9/h2-4,9H,5H2,1H3,(H,12,13). The van der Waals surface area contributed by atoms with Crippen molar-refractivity contribution in [2.24, 2.45) is 0 Å². The molecule has 1 atom stereocenters. The molecule has 1 N–H and O–H groups in total. The molecular weight excluding hydrogens is 185 g/mol. The summed E-state index contributed by atoms with van der Waals surface area (Å²) in [5, 5.41) is 2.60. The first-order valence-corrected chi connectivity index (χ1v) is 4.35. The molecule has 1 fully saturated rings. The number of ether oxygens (including phenoxy) is 1. The minimum absolute atomic E-state index is 0.225. The quantitative estimate of drug-likeness (QED) is 0.743. The molecule has 1 amide bonds. The van der Waals surface area contributed by atoms with Gasteiger partial charge in [0.2, 0.25) is 0 Å². The number of hydrogen-bond donors (Lipinski definition) is 1. The summed E-state index contributed by atoms with van der Waals surface area (Å²) in [7, 11) is 0. The number of aryl methyl sites for hydroxylation is 1. The van der Waals surface area contributed by atoms with Gasteiger partial charge in [-0.3, -0.25) is 0 Å². The van der Waals surface area contributed by atoms with Crippen molar-refractivity contribution in [2.75, 3.05) is 6.61 Å². The molecule has 0 radical (unpaired) electrons. The second kappa shape index (κ2) is 3.29. The lowest BCUT2D eigenvalue weighted by Gasteiger charge is -2.08. The number of cyclic esters (lactones) is 1. The molecule has 0 saturated carbocycles. The normalized spacial score (nSPS) is 20.4. The van der Waals surface area contributed by atoms with Gasteiger partial charge in [0.25, 0.3) is 0 Å². The van der Waals surface area contributed by atoms with Gasteiger partial charge in [-0.05, 0) is 30.2 Å². The predicted molar refractivity (Wildman–Crippen MR) is 48.4 cm³/mol. The van der Waals surface area contributed by atoms with E-state index in [9.17, 15) is 9.18 Å². The van der Waals surface area contributed by atoms with Crippen LogP contribution in [0.4, 0.5) is 9.18 Å². The van der Waals surface area contributed by atoms with E-state index in [1.54, 1.807) is 0 Å². The number of alkyl carbamates (subject to hydrolysis) is 1. The Balaban J connectivity index is 2.27. The number of rotatable bonds is 1. The molecule has 1 aliphatic heterocycles. The summed E-state index contributed by atoms with van der Waals surface area (Å²) in [6.07, 6.45) is -0.447. The van der Waals surface area contributed by atoms with E-state index in [2.05, 4.69) is 5.32 Å². The number of carbonyl (C=O) groups is 1. The summed E-state index contributed by atoms with van der Waals surface area (Å²) in [6, 6.07) is 4.47. The second-order valence-corrected chi connectivity index (χ2v) is 3.36. The maximum absolute atomic E-state index is 13.0. The predicted octanol–water partition coefficient (Wildman–Crippen LogP) is 1.92. The lowest BCUT2D eigenvalue weighted by Crippen LogP contribution is -2.18. The van der Waals surface area contributed by atoms with E-state index in [0.717, 1.165) is 11.1 Å². The molecule has 0 aromatic heterocycles. The van der Waals surface area contributed by atoms with E-state index >= 15 is 0 Å². The van der Waals surface area contributed by atoms with Crippen LogP contribution in [0.25, 0.3) is 0 Å². The molecule has 0 bridgehead atoms. The van der Waals surface area contributed by atoms with Crippen molar-refractivity contribution in [3.63, 3.8) is 0 Å². The van der Waals surface area contributed by atoms with Crippen LogP contribution in [0, 0.1) is 12.7 Å². The Morgan fingerprint density at radius 2 is 2.29 bits per heavy atom. The smallest absolute Gasteiger partial charge is 0.407 e. The third kappa shape index (κ3) is 1.69. The van der Waals surface area contributed by atoms with Gasteiger partial charge in [0.1, 0.15) is 12.4 Å². The molecule has 1 aromatic carbocycles. The van der Waals surface area contributed by atoms with E-state index < -0.39 is 6.09 Å². The summed E-state index contributed by atoms with van der Waals surface area (Å²) in [5.74, 6) is -0.291. The number of carbonyl (C=O) groups excluding carboxylic acids is 1. The molecule has 4 heteroatoms. The number of amides is 1. The van der Waals surface area contributed by atoms with E-state index in [0.29, 0.717) is 0 Å². The van der Waals surface area contributed by atoms with Crippen LogP contribution < -0.4 is 5.32 Å². The van der Waals surface area contributed by atoms with E-state index in [1.807, 2.05) is 13.0 Å². The Kier molecular flexibility index (Phi) is 2.11. The van der Waals surface area contributed by atoms with Crippen molar-refractivity contribution in [1.82, 2.24) is 5.32 Å². The molecule has 1 aliphatic rings. The van der Waals surface area contributed by atoms with Crippen LogP contribution in [0.5, 0.6) is 0 Å². The number of benzene rings is 1. The van der Waals surface area contributed by atoms with Gasteiger partial charge in [-0.2, -0.15) is 0 Å². The Bertz CT molecular complexity index is 358. The maximum atomic E-state index is 13.0. The third-order valence-electron chi connectivity index (χ3n) is 2.14. The fourth-order valence-corrected chi connectivity index (χ4v) is 1.53. The fourth-order valence-electron chi connectivity index (χ4n) is 1.53. The highest BCUT2D eigenvalue weighted by Crippen LogP contribution is 2.20. The van der Waals surface area contributed by atoms with Crippen LogP contribution in [-0.4, -0.2) is 12.7 Å². The highest BCUT2D eigenvalue weighted by Gasteiger charge is 2.23. The van der Waals surface area contributed by atoms with Crippen LogP contribution in [0.3, 0.4) is 0 Å². The number of hydrogen-bond acceptors (Lipinski definition) is 2. The molecule has 1 unspecified atom stereocenters. The highest BCUT2D eigenvalue weighted by atomic mass is 19.1. The Morgan fingerprint density at radius 1 is 1.50 bits per heavy atom. The van der Waals surface area contributed by atoms with Gasteiger partial charge in [-0.25, -0.2) is 9.18 Å². The number of halogens is 1. The summed E-state index contributed by atoms with van der Waals surface area (Å²) < 4.78 is 17.8. The highest BCUT2D eigenvalue weighted by molar-refractivity contribution is 5.70. The number of nitrogens with one attached hydrogen (secondary N) is 1. The Morgan fingerprint density at radius 3 is 2.86 bits per heavy atom. The van der Waals surface area contributed by atoms with Crippen LogP contribution >= 0.6 is 0 Å². The lowest BCUT2D eigenvalue weighted by molar-refractivity contribution is 0.177. The minimum Gasteiger partial charge on any atom is -0.447 e. The summed E-state index contributed by atoms with van der Waals surface area (Å²) >= 11 is 0. The summed E-state index contributed by atoms with van der Waals surface area (Å²) in [5.41, 5.74) is 1.58. The first-order valence-electron chi connectivity index (χ1n) is 4.35. The first kappa shape index (κ1) is 8.99. The molecule has 14 heavy (non-hydrogen) atoms. The van der Waals surface area contributed by atoms with Gasteiger partial charge in [0, 0.05) is 0 Å². The first-order chi connectivity index (χ1) is 6.65. The van der Waals surface area contributed by atoms with Crippen LogP contribution in [0.15, 0.2) is 18.2 Å². The van der Waals surface area contributed by atoms with Gasteiger partial charge in [0.15, 0.2) is 0 Å². The maximum Gasteiger partial charge on any atom is 0.407 e. The molecule has 2 rings (SSSR count). The van der Waals surface area contributed by atoms with E-state index in [1.165, 1.54) is 12.1 Å². The Hall–Kier alpha value is -1.58. The largest absolute Gasteiger partial charge is 0.447 e. The van der Waals surface area contributed by atoms with Crippen molar-refractivity contribution < 1.29 is 13.9 Å². The van der Waals surface area contributed by atoms with Gasteiger partial charge < -0.3 is 10.1 Å². The minimum atomic E-state index is -0.447. The zero-order valence-electron chi connectivity index (χ0n) is 7.71. The lowest BCUT2D eigenvalue weighted by atomic mass is 10.1. The molecule has 1 aromatic rings. The molecule has 1 saturated heterocycles. The molecular formula is C10H10FNO2. The van der Waals surface area contributed by atoms with E-state index in [4.69, 9.17) is 4.74 Å². The van der Waals surface area contributed by atoms with Crippen LogP contribution in [0.2, 0.25) is 0 Å². The van der Waals surface area contributed by atoms with Crippen molar-refractivity contribution in [3.05, 3.63) is 35.1 Å². The molecule has 0 spiro atoms. The van der Waals surface area contributed by atoms with Crippen LogP contribution in [-0.2, 0) is 4.74 Å². The summed E-state index contributed by atoms with van der Waals surface area (Å²) in [6.45, 7) is 2.08. The topological polar surface area (TPSA) is 38.3 Å². The van der Waals surface area contributed by atoms with Crippen molar-refractivity contribution in [1.29, 1.82) is 0 Å². The van der Waals surface area contributed by atoms with Crippen molar-refractivity contribution in [3.8, 4) is 0 Å². The zero-order chi connectivity index (χ0) is 10.1. The second-order valence-electron chi connectivity index (χ2n) is 3.36. The fraction of sp³-hybridized carbons (Fsp3) is 0.300. The molecule has 1 heterocycles. The zero-order valence-corrected chi connectivity index (χ0v) is 7.71. The van der Waals surface area contributed by atoms with Gasteiger partial charge in [-0.15, -0.1) is 0 Å². The van der Waals surface area contributed by atoms with Gasteiger partial charge in [0.05, 0.1) is 6.04 Å². The van der Waals surface area contributed by atoms with Crippen molar-refractivity contribution in [2.45, 2.75) is 13.0 Å². The monoisotopic (exact) mass is 195 g/mol. The van der Waals surface area contributed by atoms with Gasteiger partial charge in [-0.1, -0.05) is 6.07 Å². The Labute approximate surface area is 80.9 Å². The third-order valence-corrected chi connectivity index (χ3v) is 2.14. The van der Waals surface area contributed by atoms with Gasteiger partial charge >= 0.3 is 6.09 Å². The molecule has 3 nitrogen and oxygen atoms in total. The van der Waals surface area contributed by atoms with Crippen molar-refractivity contribution >= 4 is 6.09 Å². The molecule has 0 aliphatic carbocycles. The summed E-state index contributed by atoms with van der Waals surface area (Å²) in [4.78, 5) is 10.8. The molecule has 74 valence electrons. The van der Waals surface area contributed by atoms with Crippen LogP contribution in [0.1, 0.15) is 17.2 Å².